The first kappa shape index (κ1) is 14.0. The molecular formula is C13H11ClFN5. The van der Waals surface area contributed by atoms with Gasteiger partial charge in [-0.1, -0.05) is 17.3 Å². The van der Waals surface area contributed by atoms with Gasteiger partial charge in [0.2, 0.25) is 0 Å². The van der Waals surface area contributed by atoms with E-state index in [0.29, 0.717) is 11.1 Å². The molecule has 0 saturated heterocycles. The summed E-state index contributed by atoms with van der Waals surface area (Å²) in [5.41, 5.74) is 7.35. The van der Waals surface area contributed by atoms with E-state index in [-0.39, 0.29) is 23.9 Å². The monoisotopic (exact) mass is 291 g/mol. The minimum absolute atomic E-state index is 0. The molecule has 1 heterocycles. The van der Waals surface area contributed by atoms with Crippen molar-refractivity contribution in [3.63, 3.8) is 0 Å². The van der Waals surface area contributed by atoms with Crippen molar-refractivity contribution < 1.29 is 4.39 Å². The second-order valence-electron chi connectivity index (χ2n) is 4.07. The molecular weight excluding hydrogens is 281 g/mol. The highest BCUT2D eigenvalue weighted by Gasteiger charge is 2.11. The van der Waals surface area contributed by atoms with E-state index in [1.807, 2.05) is 18.2 Å². The number of aromatic nitrogens is 3. The maximum atomic E-state index is 14.1. The maximum Gasteiger partial charge on any atom is 0.149 e. The second kappa shape index (κ2) is 5.26. The van der Waals surface area contributed by atoms with Crippen molar-refractivity contribution in [3.8, 4) is 5.69 Å². The lowest BCUT2D eigenvalue weighted by atomic mass is 10.2. The van der Waals surface area contributed by atoms with Crippen LogP contribution in [0.5, 0.6) is 0 Å². The highest BCUT2D eigenvalue weighted by Crippen LogP contribution is 2.19. The van der Waals surface area contributed by atoms with Crippen LogP contribution >= 0.6 is 12.4 Å². The number of amidine groups is 1. The summed E-state index contributed by atoms with van der Waals surface area (Å²) in [6.45, 7) is 0. The summed E-state index contributed by atoms with van der Waals surface area (Å²) in [6.07, 6.45) is 0. The van der Waals surface area contributed by atoms with Gasteiger partial charge in [-0.05, 0) is 30.3 Å². The van der Waals surface area contributed by atoms with Crippen LogP contribution in [-0.4, -0.2) is 20.8 Å². The molecule has 0 amide bonds. The predicted molar refractivity (Wildman–Crippen MR) is 77.1 cm³/mol. The van der Waals surface area contributed by atoms with Crippen molar-refractivity contribution in [1.82, 2.24) is 15.0 Å². The minimum atomic E-state index is -0.497. The Morgan fingerprint density at radius 1 is 1.20 bits per heavy atom. The Morgan fingerprint density at radius 3 is 2.65 bits per heavy atom. The molecule has 0 radical (unpaired) electrons. The van der Waals surface area contributed by atoms with Gasteiger partial charge in [-0.2, -0.15) is 0 Å². The molecule has 7 heteroatoms. The molecule has 3 rings (SSSR count). The molecule has 0 aliphatic heterocycles. The number of nitrogens with two attached hydrogens (primary N) is 1. The Hall–Kier alpha value is -2.47. The standard InChI is InChI=1S/C13H10FN5.ClH/c14-9-7-8(13(15)16)5-6-11(9)19-12-4-2-1-3-10(12)17-18-19;/h1-7H,(H3,15,16);1H. The number of hydrogen-bond donors (Lipinski definition) is 2. The van der Waals surface area contributed by atoms with Gasteiger partial charge in [-0.15, -0.1) is 17.5 Å². The second-order valence-corrected chi connectivity index (χ2v) is 4.07. The molecule has 0 bridgehead atoms. The van der Waals surface area contributed by atoms with Gasteiger partial charge >= 0.3 is 0 Å². The molecule has 5 nitrogen and oxygen atoms in total. The third-order valence-electron chi connectivity index (χ3n) is 2.84. The molecule has 1 aromatic heterocycles. The fourth-order valence-corrected chi connectivity index (χ4v) is 1.89. The Kier molecular flexibility index (Phi) is 3.67. The van der Waals surface area contributed by atoms with Crippen molar-refractivity contribution in [2.75, 3.05) is 0 Å². The van der Waals surface area contributed by atoms with Gasteiger partial charge < -0.3 is 5.73 Å². The largest absolute Gasteiger partial charge is 0.384 e. The fourth-order valence-electron chi connectivity index (χ4n) is 1.89. The maximum absolute atomic E-state index is 14.1. The van der Waals surface area contributed by atoms with Gasteiger partial charge in [-0.3, -0.25) is 5.41 Å². The van der Waals surface area contributed by atoms with Crippen LogP contribution in [0.1, 0.15) is 5.56 Å². The molecule has 3 N–H and O–H groups in total. The van der Waals surface area contributed by atoms with Gasteiger partial charge in [0.25, 0.3) is 0 Å². The Labute approximate surface area is 120 Å². The van der Waals surface area contributed by atoms with Crippen LogP contribution in [-0.2, 0) is 0 Å². The molecule has 0 fully saturated rings. The molecule has 20 heavy (non-hydrogen) atoms. The number of nitrogens with one attached hydrogen (secondary N) is 1. The Balaban J connectivity index is 0.00000147. The zero-order valence-electron chi connectivity index (χ0n) is 10.2. The third-order valence-corrected chi connectivity index (χ3v) is 2.84. The van der Waals surface area contributed by atoms with Crippen LogP contribution in [0, 0.1) is 11.2 Å². The lowest BCUT2D eigenvalue weighted by molar-refractivity contribution is 0.609. The van der Waals surface area contributed by atoms with Crippen LogP contribution in [0.3, 0.4) is 0 Å². The van der Waals surface area contributed by atoms with Crippen LogP contribution in [0.25, 0.3) is 16.7 Å². The minimum Gasteiger partial charge on any atom is -0.384 e. The molecule has 2 aromatic carbocycles. The SMILES string of the molecule is Cl.N=C(N)c1ccc(-n2nnc3ccccc32)c(F)c1. The number of benzene rings is 2. The summed E-state index contributed by atoms with van der Waals surface area (Å²) in [5, 5.41) is 15.2. The lowest BCUT2D eigenvalue weighted by Crippen LogP contribution is -2.12. The van der Waals surface area contributed by atoms with Gasteiger partial charge in [0.05, 0.1) is 5.52 Å². The van der Waals surface area contributed by atoms with E-state index < -0.39 is 5.82 Å². The summed E-state index contributed by atoms with van der Waals surface area (Å²) >= 11 is 0. The van der Waals surface area contributed by atoms with E-state index in [1.54, 1.807) is 12.1 Å². The number of para-hydroxylation sites is 1. The first-order valence-corrected chi connectivity index (χ1v) is 5.61. The van der Waals surface area contributed by atoms with Crippen LogP contribution in [0.4, 0.5) is 4.39 Å². The van der Waals surface area contributed by atoms with E-state index in [4.69, 9.17) is 11.1 Å². The normalized spacial score (nSPS) is 10.2. The summed E-state index contributed by atoms with van der Waals surface area (Å²) in [7, 11) is 0. The van der Waals surface area contributed by atoms with Gasteiger partial charge in [0.1, 0.15) is 22.9 Å². The molecule has 102 valence electrons. The van der Waals surface area contributed by atoms with Crippen molar-refractivity contribution in [2.24, 2.45) is 5.73 Å². The summed E-state index contributed by atoms with van der Waals surface area (Å²) in [4.78, 5) is 0. The van der Waals surface area contributed by atoms with Crippen LogP contribution in [0.2, 0.25) is 0 Å². The predicted octanol–water partition coefficient (Wildman–Crippen LogP) is 2.27. The summed E-state index contributed by atoms with van der Waals surface area (Å²) in [5.74, 6) is -0.669. The first-order chi connectivity index (χ1) is 9.16. The number of halogens is 2. The number of rotatable bonds is 2. The Bertz CT molecular complexity index is 783. The third kappa shape index (κ3) is 2.21. The van der Waals surface area contributed by atoms with Gasteiger partial charge in [-0.25, -0.2) is 9.07 Å². The van der Waals surface area contributed by atoms with Gasteiger partial charge in [0, 0.05) is 5.56 Å². The topological polar surface area (TPSA) is 80.6 Å². The van der Waals surface area contributed by atoms with Crippen LogP contribution < -0.4 is 5.73 Å². The van der Waals surface area contributed by atoms with E-state index in [0.717, 1.165) is 5.52 Å². The van der Waals surface area contributed by atoms with E-state index in [2.05, 4.69) is 10.3 Å². The number of nitrogen functional groups attached to an aromatic ring is 1. The zero-order valence-corrected chi connectivity index (χ0v) is 11.1. The molecule has 3 aromatic rings. The molecule has 0 atom stereocenters. The summed E-state index contributed by atoms with van der Waals surface area (Å²) in [6, 6.07) is 11.6. The van der Waals surface area contributed by atoms with Crippen molar-refractivity contribution in [3.05, 3.63) is 53.8 Å². The zero-order chi connectivity index (χ0) is 13.4. The smallest absolute Gasteiger partial charge is 0.149 e. The highest BCUT2D eigenvalue weighted by atomic mass is 35.5. The van der Waals surface area contributed by atoms with E-state index in [1.165, 1.54) is 16.8 Å². The number of fused-ring (bicyclic) bond motifs is 1. The Morgan fingerprint density at radius 2 is 1.95 bits per heavy atom. The van der Waals surface area contributed by atoms with Crippen LogP contribution in [0.15, 0.2) is 42.5 Å². The van der Waals surface area contributed by atoms with Gasteiger partial charge in [0.15, 0.2) is 0 Å². The highest BCUT2D eigenvalue weighted by molar-refractivity contribution is 5.95. The van der Waals surface area contributed by atoms with E-state index >= 15 is 0 Å². The van der Waals surface area contributed by atoms with Crippen molar-refractivity contribution in [1.29, 1.82) is 5.41 Å². The fraction of sp³-hybridized carbons (Fsp3) is 0. The molecule has 0 aliphatic rings. The number of hydrogen-bond acceptors (Lipinski definition) is 3. The molecule has 0 saturated carbocycles. The average Bonchev–Trinajstić information content (AvgIpc) is 2.82. The van der Waals surface area contributed by atoms with Crippen molar-refractivity contribution >= 4 is 29.3 Å². The number of nitrogens with zero attached hydrogens (tertiary/aromatic N) is 3. The quantitative estimate of drug-likeness (QED) is 0.561. The lowest BCUT2D eigenvalue weighted by Gasteiger charge is -2.05. The average molecular weight is 292 g/mol. The molecule has 0 aliphatic carbocycles. The van der Waals surface area contributed by atoms with Crippen molar-refractivity contribution in [2.45, 2.75) is 0 Å². The first-order valence-electron chi connectivity index (χ1n) is 5.61. The van der Waals surface area contributed by atoms with E-state index in [9.17, 15) is 4.39 Å². The molecule has 0 spiro atoms. The molecule has 0 unspecified atom stereocenters. The summed E-state index contributed by atoms with van der Waals surface area (Å²) < 4.78 is 15.5.